The molecule has 2 aliphatic rings. The molecule has 1 N–H and O–H groups in total. The van der Waals surface area contributed by atoms with Gasteiger partial charge in [-0.15, -0.1) is 0 Å². The first kappa shape index (κ1) is 13.0. The molecule has 0 unspecified atom stereocenters. The molecule has 1 fully saturated rings. The predicted molar refractivity (Wildman–Crippen MR) is 75.1 cm³/mol. The highest BCUT2D eigenvalue weighted by Crippen LogP contribution is 2.29. The first-order valence-electron chi connectivity index (χ1n) is 7.04. The number of hydrogen-bond donors (Lipinski definition) is 1. The molecule has 0 atom stereocenters. The summed E-state index contributed by atoms with van der Waals surface area (Å²) in [5.41, 5.74) is 2.35. The fourth-order valence-corrected chi connectivity index (χ4v) is 3.00. The third-order valence-electron chi connectivity index (χ3n) is 4.10. The van der Waals surface area contributed by atoms with Crippen molar-refractivity contribution >= 4 is 17.6 Å². The minimum Gasteiger partial charge on any atom is -0.478 e. The van der Waals surface area contributed by atoms with E-state index in [-0.39, 0.29) is 5.91 Å². The van der Waals surface area contributed by atoms with Crippen molar-refractivity contribution in [3.05, 3.63) is 29.3 Å². The van der Waals surface area contributed by atoms with E-state index < -0.39 is 5.97 Å². The zero-order valence-electron chi connectivity index (χ0n) is 11.3. The second-order valence-corrected chi connectivity index (χ2v) is 5.41. The Morgan fingerprint density at radius 2 is 1.90 bits per heavy atom. The molecule has 0 aliphatic carbocycles. The van der Waals surface area contributed by atoms with Crippen LogP contribution in [0, 0.1) is 0 Å². The predicted octanol–water partition coefficient (Wildman–Crippen LogP) is 1.37. The molecule has 2 aliphatic heterocycles. The number of nitrogens with zero attached hydrogens (tertiary/aromatic N) is 2. The molecule has 0 spiro atoms. The van der Waals surface area contributed by atoms with Gasteiger partial charge in [-0.2, -0.15) is 0 Å². The largest absolute Gasteiger partial charge is 0.478 e. The highest BCUT2D eigenvalue weighted by Gasteiger charge is 2.25. The minimum atomic E-state index is -0.903. The van der Waals surface area contributed by atoms with Crippen LogP contribution in [-0.4, -0.2) is 48.1 Å². The molecule has 1 aromatic rings. The van der Waals surface area contributed by atoms with Gasteiger partial charge in [0.15, 0.2) is 0 Å². The molecule has 1 saturated heterocycles. The monoisotopic (exact) mass is 274 g/mol. The van der Waals surface area contributed by atoms with Gasteiger partial charge in [-0.1, -0.05) is 0 Å². The molecule has 5 nitrogen and oxygen atoms in total. The van der Waals surface area contributed by atoms with Crippen LogP contribution in [0.15, 0.2) is 18.2 Å². The normalized spacial score (nSPS) is 17.4. The van der Waals surface area contributed by atoms with E-state index in [1.54, 1.807) is 12.1 Å². The zero-order chi connectivity index (χ0) is 14.1. The SMILES string of the molecule is O=C(O)c1ccc2c(c1)CCN2CC(=O)N1CCCC1. The lowest BCUT2D eigenvalue weighted by molar-refractivity contribution is -0.128. The topological polar surface area (TPSA) is 60.9 Å². The maximum Gasteiger partial charge on any atom is 0.335 e. The van der Waals surface area contributed by atoms with Crippen LogP contribution in [0.1, 0.15) is 28.8 Å². The van der Waals surface area contributed by atoms with Crippen molar-refractivity contribution in [3.63, 3.8) is 0 Å². The van der Waals surface area contributed by atoms with Gasteiger partial charge in [-0.25, -0.2) is 4.79 Å². The van der Waals surface area contributed by atoms with E-state index in [1.807, 2.05) is 11.0 Å². The van der Waals surface area contributed by atoms with E-state index >= 15 is 0 Å². The van der Waals surface area contributed by atoms with Crippen LogP contribution in [0.25, 0.3) is 0 Å². The third kappa shape index (κ3) is 2.35. The molecule has 1 aromatic carbocycles. The summed E-state index contributed by atoms with van der Waals surface area (Å²) >= 11 is 0. The van der Waals surface area contributed by atoms with E-state index in [0.29, 0.717) is 12.1 Å². The van der Waals surface area contributed by atoms with Gasteiger partial charge in [0.25, 0.3) is 0 Å². The average Bonchev–Trinajstić information content (AvgIpc) is 3.07. The number of fused-ring (bicyclic) bond motifs is 1. The van der Waals surface area contributed by atoms with Crippen molar-refractivity contribution in [3.8, 4) is 0 Å². The Morgan fingerprint density at radius 3 is 2.60 bits per heavy atom. The Bertz CT molecular complexity index is 550. The molecule has 5 heteroatoms. The summed E-state index contributed by atoms with van der Waals surface area (Å²) in [6, 6.07) is 5.15. The summed E-state index contributed by atoms with van der Waals surface area (Å²) in [5, 5.41) is 9.00. The molecular weight excluding hydrogens is 256 g/mol. The molecule has 1 amide bonds. The van der Waals surface area contributed by atoms with Gasteiger partial charge in [-0.05, 0) is 43.0 Å². The molecule has 2 heterocycles. The van der Waals surface area contributed by atoms with Gasteiger partial charge >= 0.3 is 5.97 Å². The molecule has 0 aromatic heterocycles. The fourth-order valence-electron chi connectivity index (χ4n) is 3.00. The molecule has 3 rings (SSSR count). The van der Waals surface area contributed by atoms with Crippen molar-refractivity contribution in [2.75, 3.05) is 31.1 Å². The average molecular weight is 274 g/mol. The van der Waals surface area contributed by atoms with Gasteiger partial charge < -0.3 is 14.9 Å². The number of anilines is 1. The molecule has 20 heavy (non-hydrogen) atoms. The lowest BCUT2D eigenvalue weighted by Crippen LogP contribution is -2.38. The van der Waals surface area contributed by atoms with Gasteiger partial charge in [0.1, 0.15) is 0 Å². The molecule has 106 valence electrons. The van der Waals surface area contributed by atoms with Crippen LogP contribution in [0.2, 0.25) is 0 Å². The number of likely N-dealkylation sites (tertiary alicyclic amines) is 1. The number of carbonyl (C=O) groups is 2. The van der Waals surface area contributed by atoms with Crippen molar-refractivity contribution < 1.29 is 14.7 Å². The zero-order valence-corrected chi connectivity index (χ0v) is 11.3. The van der Waals surface area contributed by atoms with Gasteiger partial charge in [0, 0.05) is 25.3 Å². The maximum atomic E-state index is 12.2. The van der Waals surface area contributed by atoms with E-state index in [1.165, 1.54) is 0 Å². The standard InChI is InChI=1S/C15H18N2O3/c18-14(16-6-1-2-7-16)10-17-8-5-11-9-12(15(19)20)3-4-13(11)17/h3-4,9H,1-2,5-8,10H2,(H,19,20). The van der Waals surface area contributed by atoms with Crippen LogP contribution in [-0.2, 0) is 11.2 Å². The summed E-state index contributed by atoms with van der Waals surface area (Å²) in [5.74, 6) is -0.725. The number of rotatable bonds is 3. The Balaban J connectivity index is 1.72. The molecule has 0 saturated carbocycles. The lowest BCUT2D eigenvalue weighted by atomic mass is 10.1. The van der Waals surface area contributed by atoms with Crippen LogP contribution >= 0.6 is 0 Å². The molecular formula is C15H18N2O3. The van der Waals surface area contributed by atoms with Crippen molar-refractivity contribution in [1.29, 1.82) is 0 Å². The number of amides is 1. The molecule has 0 radical (unpaired) electrons. The maximum absolute atomic E-state index is 12.2. The number of aromatic carboxylic acids is 1. The second kappa shape index (κ2) is 5.15. The van der Waals surface area contributed by atoms with Crippen molar-refractivity contribution in [1.82, 2.24) is 4.90 Å². The highest BCUT2D eigenvalue weighted by atomic mass is 16.4. The first-order chi connectivity index (χ1) is 9.65. The number of carboxylic acids is 1. The van der Waals surface area contributed by atoms with Crippen LogP contribution in [0.3, 0.4) is 0 Å². The van der Waals surface area contributed by atoms with E-state index in [9.17, 15) is 9.59 Å². The van der Waals surface area contributed by atoms with Crippen molar-refractivity contribution in [2.24, 2.45) is 0 Å². The third-order valence-corrected chi connectivity index (χ3v) is 4.10. The van der Waals surface area contributed by atoms with Crippen LogP contribution < -0.4 is 4.90 Å². The number of carboxylic acid groups (broad SMARTS) is 1. The fraction of sp³-hybridized carbons (Fsp3) is 0.467. The van der Waals surface area contributed by atoms with Crippen molar-refractivity contribution in [2.45, 2.75) is 19.3 Å². The van der Waals surface area contributed by atoms with E-state index in [0.717, 1.165) is 50.1 Å². The summed E-state index contributed by atoms with van der Waals surface area (Å²) in [7, 11) is 0. The Kier molecular flexibility index (Phi) is 3.34. The molecule has 0 bridgehead atoms. The highest BCUT2D eigenvalue weighted by molar-refractivity contribution is 5.89. The number of carbonyl (C=O) groups excluding carboxylic acids is 1. The number of benzene rings is 1. The minimum absolute atomic E-state index is 0.178. The van der Waals surface area contributed by atoms with E-state index in [4.69, 9.17) is 5.11 Å². The van der Waals surface area contributed by atoms with Gasteiger partial charge in [0.2, 0.25) is 5.91 Å². The second-order valence-electron chi connectivity index (χ2n) is 5.41. The summed E-state index contributed by atoms with van der Waals surface area (Å²) in [6.07, 6.45) is 3.01. The number of hydrogen-bond acceptors (Lipinski definition) is 3. The van der Waals surface area contributed by atoms with E-state index in [2.05, 4.69) is 4.90 Å². The van der Waals surface area contributed by atoms with Crippen LogP contribution in [0.4, 0.5) is 5.69 Å². The van der Waals surface area contributed by atoms with Gasteiger partial charge in [-0.3, -0.25) is 4.79 Å². The summed E-state index contributed by atoms with van der Waals surface area (Å²) < 4.78 is 0. The smallest absolute Gasteiger partial charge is 0.335 e. The summed E-state index contributed by atoms with van der Waals surface area (Å²) in [4.78, 5) is 27.1. The summed E-state index contributed by atoms with van der Waals surface area (Å²) in [6.45, 7) is 2.94. The Labute approximate surface area is 117 Å². The Hall–Kier alpha value is -2.04. The first-order valence-corrected chi connectivity index (χ1v) is 7.04. The Morgan fingerprint density at radius 1 is 1.15 bits per heavy atom. The lowest BCUT2D eigenvalue weighted by Gasteiger charge is -2.23. The quantitative estimate of drug-likeness (QED) is 0.904. The van der Waals surface area contributed by atoms with Crippen LogP contribution in [0.5, 0.6) is 0 Å². The van der Waals surface area contributed by atoms with Gasteiger partial charge in [0.05, 0.1) is 12.1 Å².